The quantitative estimate of drug-likeness (QED) is 0.203. The number of benzene rings is 4. The largest absolute Gasteiger partial charge is 0.365 e. The average Bonchev–Trinajstić information content (AvgIpc) is 3.84. The van der Waals surface area contributed by atoms with Crippen LogP contribution in [-0.4, -0.2) is 11.6 Å². The van der Waals surface area contributed by atoms with E-state index >= 15 is 0 Å². The van der Waals surface area contributed by atoms with Crippen LogP contribution < -0.4 is 0 Å². The van der Waals surface area contributed by atoms with Gasteiger partial charge in [-0.3, -0.25) is 9.59 Å². The summed E-state index contributed by atoms with van der Waals surface area (Å²) >= 11 is 0. The van der Waals surface area contributed by atoms with Gasteiger partial charge in [-0.05, 0) is 59.8 Å². The van der Waals surface area contributed by atoms with Crippen molar-refractivity contribution in [2.75, 3.05) is 0 Å². The fourth-order valence-electron chi connectivity index (χ4n) is 7.37. The normalized spacial score (nSPS) is 25.8. The van der Waals surface area contributed by atoms with Gasteiger partial charge in [0, 0.05) is 24.0 Å². The zero-order valence-corrected chi connectivity index (χ0v) is 23.7. The molecular formula is C38H36O4. The Bertz CT molecular complexity index is 1440. The fraction of sp³-hybridized carbons (Fsp3) is 0.316. The van der Waals surface area contributed by atoms with E-state index in [4.69, 9.17) is 9.47 Å². The molecule has 0 aliphatic carbocycles. The first-order valence-corrected chi connectivity index (χ1v) is 15.3. The second-order valence-electron chi connectivity index (χ2n) is 12.0. The maximum atomic E-state index is 12.2. The first-order valence-electron chi connectivity index (χ1n) is 15.3. The molecule has 0 N–H and O–H groups in total. The third kappa shape index (κ3) is 5.26. The van der Waals surface area contributed by atoms with E-state index in [1.165, 1.54) is 22.3 Å². The lowest BCUT2D eigenvalue weighted by molar-refractivity contribution is 0.0580. The predicted octanol–water partition coefficient (Wildman–Crippen LogP) is 8.96. The molecule has 0 spiro atoms. The Kier molecular flexibility index (Phi) is 7.58. The molecule has 4 heteroatoms. The highest BCUT2D eigenvalue weighted by molar-refractivity contribution is 5.96. The number of ether oxygens (including phenoxy) is 2. The molecule has 0 unspecified atom stereocenters. The van der Waals surface area contributed by atoms with Gasteiger partial charge in [-0.25, -0.2) is 0 Å². The molecule has 42 heavy (non-hydrogen) atoms. The minimum absolute atomic E-state index is 0.203. The molecule has 6 atom stereocenters. The number of rotatable bonds is 8. The lowest BCUT2D eigenvalue weighted by atomic mass is 9.81. The van der Waals surface area contributed by atoms with Crippen LogP contribution in [0.5, 0.6) is 0 Å². The minimum atomic E-state index is 0.203. The minimum Gasteiger partial charge on any atom is -0.365 e. The van der Waals surface area contributed by atoms with Crippen molar-refractivity contribution < 1.29 is 19.1 Å². The Morgan fingerprint density at radius 2 is 0.857 bits per heavy atom. The van der Waals surface area contributed by atoms with E-state index in [0.29, 0.717) is 24.7 Å². The van der Waals surface area contributed by atoms with Gasteiger partial charge in [-0.1, -0.05) is 109 Å². The first kappa shape index (κ1) is 27.0. The average molecular weight is 557 g/mol. The highest BCUT2D eigenvalue weighted by atomic mass is 16.5. The van der Waals surface area contributed by atoms with Crippen molar-refractivity contribution in [2.24, 2.45) is 11.8 Å². The number of hydrogen-bond acceptors (Lipinski definition) is 4. The van der Waals surface area contributed by atoms with Crippen molar-refractivity contribution in [1.82, 2.24) is 0 Å². The van der Waals surface area contributed by atoms with Crippen molar-refractivity contribution in [2.45, 2.75) is 62.9 Å². The molecule has 2 saturated heterocycles. The summed E-state index contributed by atoms with van der Waals surface area (Å²) in [6, 6.07) is 36.2. The van der Waals surface area contributed by atoms with Crippen LogP contribution in [0.1, 0.15) is 106 Å². The molecule has 2 fully saturated rings. The number of fused-ring (bicyclic) bond motifs is 10. The number of carbonyl (C=O) groups is 2. The molecule has 4 aromatic carbocycles. The summed E-state index contributed by atoms with van der Waals surface area (Å²) in [6.45, 7) is 0. The molecule has 4 nitrogen and oxygen atoms in total. The third-order valence-corrected chi connectivity index (χ3v) is 9.49. The summed E-state index contributed by atoms with van der Waals surface area (Å²) in [4.78, 5) is 24.4. The molecule has 4 bridgehead atoms. The van der Waals surface area contributed by atoms with Crippen molar-refractivity contribution >= 4 is 11.6 Å². The van der Waals surface area contributed by atoms with Crippen LogP contribution in [0.3, 0.4) is 0 Å². The van der Waals surface area contributed by atoms with Gasteiger partial charge in [0.25, 0.3) is 0 Å². The Hall–Kier alpha value is -3.86. The predicted molar refractivity (Wildman–Crippen MR) is 162 cm³/mol. The van der Waals surface area contributed by atoms with E-state index in [-0.39, 0.29) is 36.0 Å². The molecular weight excluding hydrogens is 520 g/mol. The van der Waals surface area contributed by atoms with Crippen LogP contribution in [0.2, 0.25) is 0 Å². The molecule has 4 aliphatic rings. The Morgan fingerprint density at radius 1 is 0.500 bits per heavy atom. The van der Waals surface area contributed by atoms with E-state index in [0.717, 1.165) is 36.8 Å². The van der Waals surface area contributed by atoms with E-state index in [1.54, 1.807) is 0 Å². The zero-order chi connectivity index (χ0) is 28.5. The highest BCUT2D eigenvalue weighted by Gasteiger charge is 2.45. The molecule has 212 valence electrons. The van der Waals surface area contributed by atoms with Gasteiger partial charge in [-0.2, -0.15) is 0 Å². The van der Waals surface area contributed by atoms with Crippen LogP contribution in [-0.2, 0) is 9.47 Å². The molecule has 4 aliphatic heterocycles. The Labute approximate surface area is 247 Å². The van der Waals surface area contributed by atoms with Crippen LogP contribution in [0, 0.1) is 11.8 Å². The van der Waals surface area contributed by atoms with Crippen molar-refractivity contribution in [3.63, 3.8) is 0 Å². The Morgan fingerprint density at radius 3 is 1.26 bits per heavy atom. The van der Waals surface area contributed by atoms with Gasteiger partial charge in [0.05, 0.1) is 24.4 Å². The van der Waals surface area contributed by atoms with Crippen LogP contribution in [0.15, 0.2) is 109 Å². The second-order valence-corrected chi connectivity index (χ2v) is 12.0. The van der Waals surface area contributed by atoms with Crippen molar-refractivity contribution in [3.8, 4) is 0 Å². The number of Topliss-reactive ketones (excluding diaryl/α,β-unsaturated/α-hetero) is 2. The third-order valence-electron chi connectivity index (χ3n) is 9.49. The second kappa shape index (κ2) is 11.8. The van der Waals surface area contributed by atoms with Crippen molar-refractivity contribution in [1.29, 1.82) is 0 Å². The Balaban J connectivity index is 0.000000137. The van der Waals surface area contributed by atoms with E-state index < -0.39 is 0 Å². The van der Waals surface area contributed by atoms with Crippen LogP contribution >= 0.6 is 0 Å². The maximum absolute atomic E-state index is 12.2. The monoisotopic (exact) mass is 556 g/mol. The summed E-state index contributed by atoms with van der Waals surface area (Å²) in [5.74, 6) is 1.45. The van der Waals surface area contributed by atoms with Crippen molar-refractivity contribution in [3.05, 3.63) is 143 Å². The molecule has 8 rings (SSSR count). The summed E-state index contributed by atoms with van der Waals surface area (Å²) < 4.78 is 12.2. The highest BCUT2D eigenvalue weighted by Crippen LogP contribution is 2.56. The van der Waals surface area contributed by atoms with Gasteiger partial charge >= 0.3 is 0 Å². The topological polar surface area (TPSA) is 52.6 Å². The van der Waals surface area contributed by atoms with Crippen LogP contribution in [0.25, 0.3) is 0 Å². The standard InChI is InChI=1S/2C19H18O2/c2*20-17(13-6-2-1-3-7-13)11-10-14-12-18-15-8-4-5-9-16(15)19(14)21-18/h2*1-9,14,18-19H,10-12H2/t2*14-,18+,19-/m11/s1. The molecule has 0 radical (unpaired) electrons. The zero-order valence-electron chi connectivity index (χ0n) is 23.7. The smallest absolute Gasteiger partial charge is 0.162 e. The molecule has 4 heterocycles. The fourth-order valence-corrected chi connectivity index (χ4v) is 7.37. The lowest BCUT2D eigenvalue weighted by Crippen LogP contribution is -2.12. The van der Waals surface area contributed by atoms with Gasteiger partial charge in [-0.15, -0.1) is 0 Å². The van der Waals surface area contributed by atoms with Gasteiger partial charge in [0.15, 0.2) is 11.6 Å². The molecule has 0 amide bonds. The molecule has 0 saturated carbocycles. The summed E-state index contributed by atoms with van der Waals surface area (Å²) in [6.07, 6.45) is 6.10. The molecule has 0 aromatic heterocycles. The van der Waals surface area contributed by atoms with E-state index in [1.807, 2.05) is 60.7 Å². The number of hydrogen-bond donors (Lipinski definition) is 0. The number of carbonyl (C=O) groups excluding carboxylic acids is 2. The number of ketones is 2. The van der Waals surface area contributed by atoms with Gasteiger partial charge in [0.1, 0.15) is 0 Å². The lowest BCUT2D eigenvalue weighted by Gasteiger charge is -2.20. The van der Waals surface area contributed by atoms with E-state index in [9.17, 15) is 9.59 Å². The summed E-state index contributed by atoms with van der Waals surface area (Å²) in [7, 11) is 0. The van der Waals surface area contributed by atoms with Gasteiger partial charge < -0.3 is 9.47 Å². The molecule has 4 aromatic rings. The van der Waals surface area contributed by atoms with Crippen LogP contribution in [0.4, 0.5) is 0 Å². The maximum Gasteiger partial charge on any atom is 0.162 e. The first-order chi connectivity index (χ1) is 20.7. The summed E-state index contributed by atoms with van der Waals surface area (Å²) in [5, 5.41) is 0. The van der Waals surface area contributed by atoms with Gasteiger partial charge in [0.2, 0.25) is 0 Å². The summed E-state index contributed by atoms with van der Waals surface area (Å²) in [5.41, 5.74) is 7.03. The van der Waals surface area contributed by atoms with E-state index in [2.05, 4.69) is 48.5 Å². The SMILES string of the molecule is O=C(CC[C@@H]1C[C@@H]2O[C@H]1c1ccccc12)c1ccccc1.O=C(CC[C@@H]1C[C@@H]2O[C@H]1c1ccccc12)c1ccccc1.